The third kappa shape index (κ3) is 2.31. The predicted molar refractivity (Wildman–Crippen MR) is 78.2 cm³/mol. The van der Waals surface area contributed by atoms with Gasteiger partial charge < -0.3 is 10.2 Å². The Balaban J connectivity index is 2.40. The minimum atomic E-state index is 0.110. The van der Waals surface area contributed by atoms with Crippen molar-refractivity contribution in [1.82, 2.24) is 5.32 Å². The maximum Gasteiger partial charge on any atom is 0.0557 e. The average Bonchev–Trinajstić information content (AvgIpc) is 2.71. The van der Waals surface area contributed by atoms with E-state index in [1.165, 1.54) is 15.8 Å². The quantitative estimate of drug-likeness (QED) is 0.893. The van der Waals surface area contributed by atoms with Gasteiger partial charge in [-0.2, -0.15) is 0 Å². The van der Waals surface area contributed by atoms with Gasteiger partial charge >= 0.3 is 0 Å². The van der Waals surface area contributed by atoms with E-state index in [1.54, 1.807) is 0 Å². The second-order valence-corrected chi connectivity index (χ2v) is 5.93. The summed E-state index contributed by atoms with van der Waals surface area (Å²) in [6.45, 7) is 5.49. The largest absolute Gasteiger partial charge is 0.367 e. The first kappa shape index (κ1) is 12.4. The van der Waals surface area contributed by atoms with Crippen molar-refractivity contribution in [3.05, 3.63) is 29.6 Å². The Bertz CT molecular complexity index is 502. The molecule has 0 atom stereocenters. The van der Waals surface area contributed by atoms with Gasteiger partial charge in [0, 0.05) is 34.6 Å². The fraction of sp³-hybridized carbons (Fsp3) is 0.429. The molecular formula is C14H20N2S. The predicted octanol–water partition coefficient (Wildman–Crippen LogP) is 3.34. The number of likely N-dealkylation sites (N-methyl/N-ethyl adjacent to an activating group) is 2. The van der Waals surface area contributed by atoms with Crippen molar-refractivity contribution in [2.45, 2.75) is 19.4 Å². The average molecular weight is 248 g/mol. The van der Waals surface area contributed by atoms with Crippen LogP contribution in [0.25, 0.3) is 10.1 Å². The molecule has 1 N–H and O–H groups in total. The van der Waals surface area contributed by atoms with Gasteiger partial charge in [-0.05, 0) is 27.0 Å². The van der Waals surface area contributed by atoms with Crippen LogP contribution in [-0.2, 0) is 0 Å². The highest BCUT2D eigenvalue weighted by Gasteiger charge is 2.24. The summed E-state index contributed by atoms with van der Waals surface area (Å²) < 4.78 is 1.36. The van der Waals surface area contributed by atoms with Crippen molar-refractivity contribution in [1.29, 1.82) is 0 Å². The monoisotopic (exact) mass is 248 g/mol. The summed E-state index contributed by atoms with van der Waals surface area (Å²) >= 11 is 1.81. The van der Waals surface area contributed by atoms with Gasteiger partial charge in [-0.3, -0.25) is 0 Å². The summed E-state index contributed by atoms with van der Waals surface area (Å²) in [5.41, 5.74) is 1.43. The van der Waals surface area contributed by atoms with E-state index in [0.29, 0.717) is 0 Å². The minimum Gasteiger partial charge on any atom is -0.367 e. The van der Waals surface area contributed by atoms with Gasteiger partial charge in [-0.1, -0.05) is 18.2 Å². The van der Waals surface area contributed by atoms with Crippen LogP contribution in [0.4, 0.5) is 5.69 Å². The molecule has 0 fully saturated rings. The van der Waals surface area contributed by atoms with Crippen LogP contribution in [0.2, 0.25) is 0 Å². The summed E-state index contributed by atoms with van der Waals surface area (Å²) in [5, 5.41) is 6.86. The molecule has 1 heterocycles. The molecule has 2 nitrogen and oxygen atoms in total. The first-order chi connectivity index (χ1) is 8.06. The minimum absolute atomic E-state index is 0.110. The Labute approximate surface area is 107 Å². The maximum absolute atomic E-state index is 3.26. The van der Waals surface area contributed by atoms with Crippen LogP contribution < -0.4 is 10.2 Å². The Morgan fingerprint density at radius 2 is 2.00 bits per heavy atom. The van der Waals surface area contributed by atoms with Crippen molar-refractivity contribution in [3.8, 4) is 0 Å². The van der Waals surface area contributed by atoms with Crippen molar-refractivity contribution >= 4 is 27.1 Å². The van der Waals surface area contributed by atoms with Crippen molar-refractivity contribution < 1.29 is 0 Å². The molecule has 0 bridgehead atoms. The van der Waals surface area contributed by atoms with E-state index in [4.69, 9.17) is 0 Å². The first-order valence-corrected chi connectivity index (χ1v) is 6.79. The lowest BCUT2D eigenvalue weighted by Gasteiger charge is -2.37. The Morgan fingerprint density at radius 1 is 1.29 bits per heavy atom. The summed E-state index contributed by atoms with van der Waals surface area (Å²) in [4.78, 5) is 2.36. The van der Waals surface area contributed by atoms with E-state index in [2.05, 4.69) is 60.8 Å². The van der Waals surface area contributed by atoms with E-state index in [-0.39, 0.29) is 5.54 Å². The molecule has 1 aromatic carbocycles. The van der Waals surface area contributed by atoms with Crippen LogP contribution in [-0.4, -0.2) is 26.2 Å². The lowest BCUT2D eigenvalue weighted by molar-refractivity contribution is 0.464. The molecule has 0 spiro atoms. The number of hydrogen-bond donors (Lipinski definition) is 1. The zero-order valence-corrected chi connectivity index (χ0v) is 11.8. The number of nitrogens with zero attached hydrogens (tertiary/aromatic N) is 1. The molecule has 1 aromatic heterocycles. The van der Waals surface area contributed by atoms with E-state index < -0.39 is 0 Å². The maximum atomic E-state index is 3.26. The van der Waals surface area contributed by atoms with E-state index in [9.17, 15) is 0 Å². The van der Waals surface area contributed by atoms with E-state index in [1.807, 2.05) is 18.4 Å². The number of rotatable bonds is 4. The Morgan fingerprint density at radius 3 is 2.71 bits per heavy atom. The molecule has 0 aliphatic rings. The lowest BCUT2D eigenvalue weighted by Crippen LogP contribution is -2.48. The Kier molecular flexibility index (Phi) is 3.40. The van der Waals surface area contributed by atoms with Crippen LogP contribution in [0.15, 0.2) is 29.6 Å². The highest BCUT2D eigenvalue weighted by atomic mass is 32.1. The Hall–Kier alpha value is -1.06. The molecule has 2 rings (SSSR count). The number of hydrogen-bond acceptors (Lipinski definition) is 3. The molecule has 0 unspecified atom stereocenters. The summed E-state index contributed by atoms with van der Waals surface area (Å²) in [6.07, 6.45) is 0. The van der Waals surface area contributed by atoms with Gasteiger partial charge in [-0.15, -0.1) is 11.3 Å². The van der Waals surface area contributed by atoms with Gasteiger partial charge in [0.15, 0.2) is 0 Å². The third-order valence-corrected chi connectivity index (χ3v) is 4.29. The number of fused-ring (bicyclic) bond motifs is 1. The standard InChI is InChI=1S/C14H20N2S/c1-14(2,10-15-3)16(4)12-9-17-13-8-6-5-7-11(12)13/h5-9,15H,10H2,1-4H3. The first-order valence-electron chi connectivity index (χ1n) is 5.91. The molecule has 92 valence electrons. The zero-order valence-electron chi connectivity index (χ0n) is 10.9. The number of benzene rings is 1. The molecule has 2 aromatic rings. The van der Waals surface area contributed by atoms with E-state index in [0.717, 1.165) is 6.54 Å². The molecule has 0 saturated heterocycles. The van der Waals surface area contributed by atoms with Gasteiger partial charge in [0.1, 0.15) is 0 Å². The summed E-state index contributed by atoms with van der Waals surface area (Å²) in [5.74, 6) is 0. The lowest BCUT2D eigenvalue weighted by atomic mass is 10.0. The van der Waals surface area contributed by atoms with Gasteiger partial charge in [0.25, 0.3) is 0 Å². The topological polar surface area (TPSA) is 15.3 Å². The fourth-order valence-corrected chi connectivity index (χ4v) is 3.08. The molecule has 0 radical (unpaired) electrons. The fourth-order valence-electron chi connectivity index (χ4n) is 2.10. The summed E-state index contributed by atoms with van der Waals surface area (Å²) in [6, 6.07) is 8.59. The number of thiophene rings is 1. The molecule has 3 heteroatoms. The summed E-state index contributed by atoms with van der Waals surface area (Å²) in [7, 11) is 4.17. The second-order valence-electron chi connectivity index (χ2n) is 5.02. The van der Waals surface area contributed by atoms with Crippen molar-refractivity contribution in [2.75, 3.05) is 25.5 Å². The third-order valence-electron chi connectivity index (χ3n) is 3.34. The highest BCUT2D eigenvalue weighted by molar-refractivity contribution is 7.17. The van der Waals surface area contributed by atoms with Crippen LogP contribution in [0.3, 0.4) is 0 Å². The zero-order chi connectivity index (χ0) is 12.5. The van der Waals surface area contributed by atoms with Crippen LogP contribution >= 0.6 is 11.3 Å². The van der Waals surface area contributed by atoms with E-state index >= 15 is 0 Å². The molecule has 0 saturated carbocycles. The van der Waals surface area contributed by atoms with Gasteiger partial charge in [-0.25, -0.2) is 0 Å². The molecule has 0 aliphatic carbocycles. The second kappa shape index (κ2) is 4.67. The molecule has 17 heavy (non-hydrogen) atoms. The smallest absolute Gasteiger partial charge is 0.0557 e. The normalized spacial score (nSPS) is 12.0. The van der Waals surface area contributed by atoms with Crippen molar-refractivity contribution in [2.24, 2.45) is 0 Å². The van der Waals surface area contributed by atoms with Crippen LogP contribution in [0.5, 0.6) is 0 Å². The van der Waals surface area contributed by atoms with Crippen LogP contribution in [0.1, 0.15) is 13.8 Å². The highest BCUT2D eigenvalue weighted by Crippen LogP contribution is 2.35. The molecule has 0 aliphatic heterocycles. The van der Waals surface area contributed by atoms with Crippen molar-refractivity contribution in [3.63, 3.8) is 0 Å². The van der Waals surface area contributed by atoms with Gasteiger partial charge in [0.05, 0.1) is 5.69 Å². The van der Waals surface area contributed by atoms with Crippen LogP contribution in [0, 0.1) is 0 Å². The molecule has 0 amide bonds. The van der Waals surface area contributed by atoms with Gasteiger partial charge in [0.2, 0.25) is 0 Å². The SMILES string of the molecule is CNCC(C)(C)N(C)c1csc2ccccc12. The number of nitrogens with one attached hydrogen (secondary N) is 1. The molecular weight excluding hydrogens is 228 g/mol. The number of anilines is 1.